The average Bonchev–Trinajstić information content (AvgIpc) is 3.46. The van der Waals surface area contributed by atoms with Gasteiger partial charge in [0.05, 0.1) is 18.5 Å². The number of β-amino-alcohol motifs (C(OH)–C–C–N with tert-alkyl or cyclic N) is 1. The van der Waals surface area contributed by atoms with Gasteiger partial charge in [0.1, 0.15) is 12.4 Å². The maximum atomic E-state index is 12.9. The number of hydrogen-bond acceptors (Lipinski definition) is 9. The summed E-state index contributed by atoms with van der Waals surface area (Å²) in [6, 6.07) is 4.58. The number of carbonyl (C=O) groups excluding carboxylic acids is 1. The summed E-state index contributed by atoms with van der Waals surface area (Å²) in [5.74, 6) is 1.59. The van der Waals surface area contributed by atoms with Crippen LogP contribution in [0.1, 0.15) is 48.1 Å². The number of ether oxygens (including phenoxy) is 1. The minimum atomic E-state index is -0.602. The maximum absolute atomic E-state index is 12.9. The average molecular weight is 527 g/mol. The van der Waals surface area contributed by atoms with E-state index in [2.05, 4.69) is 44.1 Å². The van der Waals surface area contributed by atoms with E-state index >= 15 is 0 Å². The maximum Gasteiger partial charge on any atom is 0.223 e. The van der Waals surface area contributed by atoms with Crippen LogP contribution in [0.15, 0.2) is 29.1 Å². The monoisotopic (exact) mass is 526 g/mol. The van der Waals surface area contributed by atoms with Crippen molar-refractivity contribution in [1.82, 2.24) is 31.2 Å². The highest BCUT2D eigenvalue weighted by Gasteiger charge is 2.29. The van der Waals surface area contributed by atoms with Crippen LogP contribution in [0.25, 0.3) is 0 Å². The lowest BCUT2D eigenvalue weighted by molar-refractivity contribution is -0.126. The van der Waals surface area contributed by atoms with Gasteiger partial charge in [0, 0.05) is 44.7 Å². The van der Waals surface area contributed by atoms with Crippen LogP contribution in [0, 0.1) is 12.8 Å². The topological polar surface area (TPSA) is 124 Å². The quantitative estimate of drug-likeness (QED) is 0.309. The highest BCUT2D eigenvalue weighted by Crippen LogP contribution is 2.30. The fourth-order valence-corrected chi connectivity index (χ4v) is 5.94. The van der Waals surface area contributed by atoms with Crippen LogP contribution in [0.2, 0.25) is 0 Å². The van der Waals surface area contributed by atoms with E-state index in [1.807, 2.05) is 6.07 Å². The Morgan fingerprint density at radius 3 is 3.08 bits per heavy atom. The van der Waals surface area contributed by atoms with Gasteiger partial charge in [0.2, 0.25) is 5.91 Å². The summed E-state index contributed by atoms with van der Waals surface area (Å²) in [5.41, 5.74) is 3.74. The molecule has 2 aromatic rings. The van der Waals surface area contributed by atoms with Crippen molar-refractivity contribution < 1.29 is 19.1 Å². The third kappa shape index (κ3) is 7.12. The number of fused-ring (bicyclic) bond motifs is 1. The molecule has 1 amide bonds. The normalized spacial score (nSPS) is 24.9. The Bertz CT molecular complexity index is 1040. The summed E-state index contributed by atoms with van der Waals surface area (Å²) >= 11 is 0. The molecule has 5 rings (SSSR count). The first-order valence-electron chi connectivity index (χ1n) is 14.0. The SMILES string of the molecule is Cc1c(OCc2cnco2)ccc2c1CCN(C[C@@H](O)CNC(=O)C1CCNC(NC3CCCNC3)C1)C2. The second kappa shape index (κ2) is 13.0. The smallest absolute Gasteiger partial charge is 0.223 e. The van der Waals surface area contributed by atoms with Crippen LogP contribution in [-0.2, 0) is 24.4 Å². The molecular weight excluding hydrogens is 484 g/mol. The molecule has 5 N–H and O–H groups in total. The lowest BCUT2D eigenvalue weighted by atomic mass is 9.94. The number of hydrogen-bond donors (Lipinski definition) is 5. The second-order valence-corrected chi connectivity index (χ2v) is 10.9. The van der Waals surface area contributed by atoms with Gasteiger partial charge in [-0.05, 0) is 74.9 Å². The Labute approximate surface area is 224 Å². The summed E-state index contributed by atoms with van der Waals surface area (Å²) in [7, 11) is 0. The van der Waals surface area contributed by atoms with E-state index in [1.54, 1.807) is 6.20 Å². The van der Waals surface area contributed by atoms with E-state index in [-0.39, 0.29) is 24.5 Å². The van der Waals surface area contributed by atoms with Crippen LogP contribution in [0.4, 0.5) is 0 Å². The highest BCUT2D eigenvalue weighted by atomic mass is 16.5. The Morgan fingerprint density at radius 1 is 1.34 bits per heavy atom. The van der Waals surface area contributed by atoms with E-state index in [0.29, 0.717) is 25.0 Å². The standard InChI is InChI=1S/C28H42N6O4/c1-19-25-7-10-34(15-21(25)4-5-26(19)37-17-24-14-30-18-38-24)16-23(35)13-32-28(36)20-6-9-31-27(11-20)33-22-3-2-8-29-12-22/h4-5,14,18,20,22-23,27,29,31,33,35H,2-3,6-13,15-17H2,1H3,(H,32,36)/t20?,22?,23-,27?/m0/s1. The predicted octanol–water partition coefficient (Wildman–Crippen LogP) is 1.06. The molecule has 0 saturated carbocycles. The van der Waals surface area contributed by atoms with Gasteiger partial charge in [-0.15, -0.1) is 0 Å². The molecule has 0 radical (unpaired) electrons. The van der Waals surface area contributed by atoms with Crippen molar-refractivity contribution in [3.63, 3.8) is 0 Å². The molecule has 3 aliphatic rings. The van der Waals surface area contributed by atoms with Crippen LogP contribution >= 0.6 is 0 Å². The number of nitrogens with zero attached hydrogens (tertiary/aromatic N) is 2. The Kier molecular flexibility index (Phi) is 9.29. The molecule has 0 spiro atoms. The van der Waals surface area contributed by atoms with Gasteiger partial charge in [-0.2, -0.15) is 0 Å². The van der Waals surface area contributed by atoms with Crippen LogP contribution in [-0.4, -0.2) is 78.5 Å². The number of amides is 1. The first-order valence-corrected chi connectivity index (χ1v) is 14.0. The van der Waals surface area contributed by atoms with Gasteiger partial charge in [0.25, 0.3) is 0 Å². The zero-order valence-electron chi connectivity index (χ0n) is 22.4. The fourth-order valence-electron chi connectivity index (χ4n) is 5.94. The Hall–Kier alpha value is -2.50. The van der Waals surface area contributed by atoms with Gasteiger partial charge in [0.15, 0.2) is 12.2 Å². The zero-order chi connectivity index (χ0) is 26.3. The van der Waals surface area contributed by atoms with Crippen molar-refractivity contribution in [3.8, 4) is 5.75 Å². The van der Waals surface area contributed by atoms with Crippen LogP contribution in [0.3, 0.4) is 0 Å². The number of oxazole rings is 1. The first kappa shape index (κ1) is 27.1. The number of nitrogens with one attached hydrogen (secondary N) is 4. The van der Waals surface area contributed by atoms with E-state index in [9.17, 15) is 9.90 Å². The van der Waals surface area contributed by atoms with Crippen LogP contribution in [0.5, 0.6) is 5.75 Å². The first-order chi connectivity index (χ1) is 18.5. The van der Waals surface area contributed by atoms with Gasteiger partial charge in [-0.25, -0.2) is 4.98 Å². The third-order valence-electron chi connectivity index (χ3n) is 8.06. The molecule has 3 aliphatic heterocycles. The lowest BCUT2D eigenvalue weighted by Crippen LogP contribution is -2.56. The Morgan fingerprint density at radius 2 is 2.26 bits per heavy atom. The van der Waals surface area contributed by atoms with Gasteiger partial charge < -0.3 is 30.2 Å². The molecule has 2 saturated heterocycles. The molecule has 10 nitrogen and oxygen atoms in total. The molecule has 0 bridgehead atoms. The minimum absolute atomic E-state index is 0.0252. The van der Waals surface area contributed by atoms with Crippen molar-refractivity contribution in [2.45, 2.75) is 70.5 Å². The summed E-state index contributed by atoms with van der Waals surface area (Å²) < 4.78 is 11.2. The summed E-state index contributed by atoms with van der Waals surface area (Å²) in [4.78, 5) is 19.1. The van der Waals surface area contributed by atoms with Gasteiger partial charge in [-0.3, -0.25) is 15.0 Å². The predicted molar refractivity (Wildman–Crippen MR) is 144 cm³/mol. The molecule has 4 atom stereocenters. The molecule has 38 heavy (non-hydrogen) atoms. The van der Waals surface area contributed by atoms with Crippen LogP contribution < -0.4 is 26.0 Å². The Balaban J connectivity index is 1.05. The lowest BCUT2D eigenvalue weighted by Gasteiger charge is -2.35. The summed E-state index contributed by atoms with van der Waals surface area (Å²) in [6.45, 7) is 7.82. The molecule has 0 aliphatic carbocycles. The molecule has 10 heteroatoms. The highest BCUT2D eigenvalue weighted by molar-refractivity contribution is 5.78. The minimum Gasteiger partial charge on any atom is -0.485 e. The van der Waals surface area contributed by atoms with E-state index < -0.39 is 6.10 Å². The molecule has 1 aromatic heterocycles. The number of benzene rings is 1. The summed E-state index contributed by atoms with van der Waals surface area (Å²) in [6.07, 6.45) is 7.51. The number of rotatable bonds is 10. The van der Waals surface area contributed by atoms with E-state index in [0.717, 1.165) is 63.3 Å². The number of carbonyl (C=O) groups is 1. The number of piperidine rings is 2. The molecule has 4 heterocycles. The van der Waals surface area contributed by atoms with Crippen molar-refractivity contribution in [2.75, 3.05) is 39.3 Å². The molecule has 3 unspecified atom stereocenters. The largest absolute Gasteiger partial charge is 0.485 e. The van der Waals surface area contributed by atoms with Crippen molar-refractivity contribution in [1.29, 1.82) is 0 Å². The van der Waals surface area contributed by atoms with Gasteiger partial charge in [-0.1, -0.05) is 6.07 Å². The number of aliphatic hydroxyl groups is 1. The molecule has 208 valence electrons. The molecule has 1 aromatic carbocycles. The molecular formula is C28H42N6O4. The van der Waals surface area contributed by atoms with E-state index in [4.69, 9.17) is 9.15 Å². The fraction of sp³-hybridized carbons (Fsp3) is 0.643. The number of aromatic nitrogens is 1. The van der Waals surface area contributed by atoms with Crippen molar-refractivity contribution in [2.24, 2.45) is 5.92 Å². The van der Waals surface area contributed by atoms with Crippen molar-refractivity contribution >= 4 is 5.91 Å². The third-order valence-corrected chi connectivity index (χ3v) is 8.06. The molecule has 2 fully saturated rings. The zero-order valence-corrected chi connectivity index (χ0v) is 22.4. The van der Waals surface area contributed by atoms with E-state index in [1.165, 1.54) is 30.4 Å². The van der Waals surface area contributed by atoms with Crippen molar-refractivity contribution in [3.05, 3.63) is 47.2 Å². The van der Waals surface area contributed by atoms with Gasteiger partial charge >= 0.3 is 0 Å². The second-order valence-electron chi connectivity index (χ2n) is 10.9. The summed E-state index contributed by atoms with van der Waals surface area (Å²) in [5, 5.41) is 24.3. The number of aliphatic hydroxyl groups excluding tert-OH is 1.